The van der Waals surface area contributed by atoms with Crippen LogP contribution < -0.4 is 0 Å². The van der Waals surface area contributed by atoms with Gasteiger partial charge in [-0.05, 0) is 12.3 Å². The van der Waals surface area contributed by atoms with Gasteiger partial charge in [-0.3, -0.25) is 9.59 Å². The van der Waals surface area contributed by atoms with Crippen LogP contribution in [0.1, 0.15) is 59.2 Å². The summed E-state index contributed by atoms with van der Waals surface area (Å²) in [4.78, 5) is 24.8. The maximum atomic E-state index is 12.6. The third kappa shape index (κ3) is 2.33. The van der Waals surface area contributed by atoms with E-state index in [1.54, 1.807) is 24.3 Å². The summed E-state index contributed by atoms with van der Waals surface area (Å²) in [5.74, 6) is 0.234. The predicted octanol–water partition coefficient (Wildman–Crippen LogP) is 4.53. The lowest BCUT2D eigenvalue weighted by molar-refractivity contribution is 0.0974. The second-order valence-corrected chi connectivity index (χ2v) is 6.08. The molecular formula is C17H17ClO2. The van der Waals surface area contributed by atoms with Crippen molar-refractivity contribution in [2.45, 2.75) is 38.5 Å². The summed E-state index contributed by atoms with van der Waals surface area (Å²) in [7, 11) is 0. The van der Waals surface area contributed by atoms with Crippen LogP contribution in [0.4, 0.5) is 0 Å². The molecule has 3 rings (SSSR count). The molecule has 1 aromatic carbocycles. The molecule has 2 nitrogen and oxygen atoms in total. The number of Topliss-reactive ketones (excluding diaryl/α,β-unsaturated/α-hetero) is 2. The number of carbonyl (C=O) groups is 2. The normalized spacial score (nSPS) is 20.2. The van der Waals surface area contributed by atoms with Crippen molar-refractivity contribution in [2.24, 2.45) is 5.92 Å². The molecule has 0 aliphatic heterocycles. The van der Waals surface area contributed by atoms with Gasteiger partial charge in [-0.1, -0.05) is 68.0 Å². The van der Waals surface area contributed by atoms with Gasteiger partial charge in [0.2, 0.25) is 5.78 Å². The number of hydrogen-bond acceptors (Lipinski definition) is 2. The second kappa shape index (κ2) is 5.53. The van der Waals surface area contributed by atoms with Crippen molar-refractivity contribution in [3.05, 3.63) is 46.0 Å². The van der Waals surface area contributed by atoms with E-state index in [1.165, 1.54) is 19.3 Å². The minimum absolute atomic E-state index is 0.0595. The molecule has 2 aliphatic rings. The fraction of sp³-hybridized carbons (Fsp3) is 0.412. The molecule has 0 saturated heterocycles. The Labute approximate surface area is 123 Å². The zero-order valence-electron chi connectivity index (χ0n) is 11.3. The van der Waals surface area contributed by atoms with Gasteiger partial charge in [0.15, 0.2) is 5.78 Å². The molecule has 0 bridgehead atoms. The second-order valence-electron chi connectivity index (χ2n) is 5.70. The molecule has 0 N–H and O–H groups in total. The van der Waals surface area contributed by atoms with E-state index in [0.717, 1.165) is 12.8 Å². The van der Waals surface area contributed by atoms with Gasteiger partial charge in [0.05, 0.1) is 5.03 Å². The van der Waals surface area contributed by atoms with Crippen LogP contribution in [0.2, 0.25) is 0 Å². The fourth-order valence-electron chi connectivity index (χ4n) is 3.26. The van der Waals surface area contributed by atoms with Crippen molar-refractivity contribution in [2.75, 3.05) is 0 Å². The summed E-state index contributed by atoms with van der Waals surface area (Å²) in [6.45, 7) is 0. The number of fused-ring (bicyclic) bond motifs is 1. The maximum Gasteiger partial charge on any atom is 0.205 e. The summed E-state index contributed by atoms with van der Waals surface area (Å²) in [6.07, 6.45) is 6.63. The van der Waals surface area contributed by atoms with E-state index in [0.29, 0.717) is 29.0 Å². The van der Waals surface area contributed by atoms with Gasteiger partial charge in [-0.15, -0.1) is 0 Å². The number of benzene rings is 1. The van der Waals surface area contributed by atoms with Crippen LogP contribution in [0.5, 0.6) is 0 Å². The van der Waals surface area contributed by atoms with Crippen molar-refractivity contribution in [3.8, 4) is 0 Å². The van der Waals surface area contributed by atoms with Crippen LogP contribution in [0, 0.1) is 5.92 Å². The lowest BCUT2D eigenvalue weighted by Gasteiger charge is -2.25. The van der Waals surface area contributed by atoms with E-state index in [9.17, 15) is 9.59 Å². The first-order valence-corrected chi connectivity index (χ1v) is 7.63. The maximum absolute atomic E-state index is 12.6. The molecule has 0 aromatic heterocycles. The first-order valence-electron chi connectivity index (χ1n) is 7.25. The van der Waals surface area contributed by atoms with Crippen molar-refractivity contribution < 1.29 is 9.59 Å². The lowest BCUT2D eigenvalue weighted by atomic mass is 9.80. The van der Waals surface area contributed by atoms with E-state index in [2.05, 4.69) is 0 Å². The average molecular weight is 289 g/mol. The van der Waals surface area contributed by atoms with Gasteiger partial charge in [-0.25, -0.2) is 0 Å². The fourth-order valence-corrected chi connectivity index (χ4v) is 3.52. The van der Waals surface area contributed by atoms with Crippen molar-refractivity contribution in [1.29, 1.82) is 0 Å². The highest BCUT2D eigenvalue weighted by molar-refractivity contribution is 6.50. The van der Waals surface area contributed by atoms with Crippen LogP contribution in [-0.2, 0) is 0 Å². The van der Waals surface area contributed by atoms with Crippen LogP contribution >= 0.6 is 11.6 Å². The number of hydrogen-bond donors (Lipinski definition) is 0. The van der Waals surface area contributed by atoms with Crippen LogP contribution in [0.3, 0.4) is 0 Å². The van der Waals surface area contributed by atoms with Gasteiger partial charge >= 0.3 is 0 Å². The Balaban J connectivity index is 1.92. The zero-order valence-corrected chi connectivity index (χ0v) is 12.1. The number of allylic oxidation sites excluding steroid dienone is 2. The standard InChI is InChI=1S/C17H17ClO2/c18-15-14(10-11-6-2-1-3-7-11)16(19)12-8-4-5-9-13(12)17(15)20/h4-5,8-9,11H,1-3,6-7,10H2. The van der Waals surface area contributed by atoms with Gasteiger partial charge in [0.25, 0.3) is 0 Å². The number of rotatable bonds is 2. The summed E-state index contributed by atoms with van der Waals surface area (Å²) in [5, 5.41) is 0.138. The Kier molecular flexibility index (Phi) is 3.75. The molecule has 0 amide bonds. The molecule has 104 valence electrons. The molecule has 1 saturated carbocycles. The average Bonchev–Trinajstić information content (AvgIpc) is 2.50. The highest BCUT2D eigenvalue weighted by Crippen LogP contribution is 2.35. The lowest BCUT2D eigenvalue weighted by Crippen LogP contribution is -2.22. The highest BCUT2D eigenvalue weighted by atomic mass is 35.5. The molecule has 1 aromatic rings. The van der Waals surface area contributed by atoms with Crippen LogP contribution in [0.25, 0.3) is 0 Å². The first-order chi connectivity index (χ1) is 9.68. The molecule has 0 radical (unpaired) electrons. The van der Waals surface area contributed by atoms with Crippen LogP contribution in [0.15, 0.2) is 34.9 Å². The molecule has 1 fully saturated rings. The number of halogens is 1. The predicted molar refractivity (Wildman–Crippen MR) is 79.2 cm³/mol. The Morgan fingerprint density at radius 2 is 1.55 bits per heavy atom. The summed E-state index contributed by atoms with van der Waals surface area (Å²) >= 11 is 6.18. The Hall–Kier alpha value is -1.41. The van der Waals surface area contributed by atoms with Crippen molar-refractivity contribution in [1.82, 2.24) is 0 Å². The van der Waals surface area contributed by atoms with E-state index < -0.39 is 0 Å². The van der Waals surface area contributed by atoms with Gasteiger partial charge in [-0.2, -0.15) is 0 Å². The largest absolute Gasteiger partial charge is 0.289 e. The zero-order chi connectivity index (χ0) is 14.1. The smallest absolute Gasteiger partial charge is 0.205 e. The summed E-state index contributed by atoms with van der Waals surface area (Å²) in [6, 6.07) is 6.96. The third-order valence-corrected chi connectivity index (χ3v) is 4.77. The highest BCUT2D eigenvalue weighted by Gasteiger charge is 2.32. The summed E-state index contributed by atoms with van der Waals surface area (Å²) in [5.41, 5.74) is 1.48. The molecule has 3 heteroatoms. The molecule has 0 heterocycles. The van der Waals surface area contributed by atoms with E-state index in [1.807, 2.05) is 0 Å². The Bertz CT molecular complexity index is 595. The van der Waals surface area contributed by atoms with Gasteiger partial charge in [0, 0.05) is 16.7 Å². The molecule has 0 atom stereocenters. The monoisotopic (exact) mass is 288 g/mol. The molecular weight excluding hydrogens is 272 g/mol. The minimum atomic E-state index is -0.201. The summed E-state index contributed by atoms with van der Waals surface area (Å²) < 4.78 is 0. The Morgan fingerprint density at radius 3 is 2.20 bits per heavy atom. The quantitative estimate of drug-likeness (QED) is 0.801. The van der Waals surface area contributed by atoms with Crippen molar-refractivity contribution >= 4 is 23.2 Å². The van der Waals surface area contributed by atoms with Crippen molar-refractivity contribution in [3.63, 3.8) is 0 Å². The SMILES string of the molecule is O=C1C(Cl)=C(CC2CCCCC2)C(=O)c2ccccc21. The van der Waals surface area contributed by atoms with E-state index >= 15 is 0 Å². The van der Waals surface area contributed by atoms with Crippen LogP contribution in [-0.4, -0.2) is 11.6 Å². The topological polar surface area (TPSA) is 34.1 Å². The molecule has 2 aliphatic carbocycles. The number of carbonyl (C=O) groups excluding carboxylic acids is 2. The van der Waals surface area contributed by atoms with E-state index in [-0.39, 0.29) is 16.6 Å². The minimum Gasteiger partial charge on any atom is -0.289 e. The molecule has 20 heavy (non-hydrogen) atoms. The molecule has 0 spiro atoms. The third-order valence-electron chi connectivity index (χ3n) is 4.37. The Morgan fingerprint density at radius 1 is 0.950 bits per heavy atom. The van der Waals surface area contributed by atoms with E-state index in [4.69, 9.17) is 11.6 Å². The first kappa shape index (κ1) is 13.6. The number of ketones is 2. The van der Waals surface area contributed by atoms with Gasteiger partial charge in [0.1, 0.15) is 0 Å². The molecule has 0 unspecified atom stereocenters. The van der Waals surface area contributed by atoms with Gasteiger partial charge < -0.3 is 0 Å².